The summed E-state index contributed by atoms with van der Waals surface area (Å²) < 4.78 is 0. The molecule has 0 saturated carbocycles. The van der Waals surface area contributed by atoms with E-state index in [1.165, 1.54) is 5.56 Å². The number of benzene rings is 1. The molecule has 1 amide bonds. The molecule has 1 aromatic carbocycles. The topological polar surface area (TPSA) is 65.8 Å². The number of pyridine rings is 1. The molecule has 0 radical (unpaired) electrons. The van der Waals surface area contributed by atoms with Gasteiger partial charge in [-0.15, -0.1) is 0 Å². The van der Waals surface area contributed by atoms with Crippen LogP contribution in [0.15, 0.2) is 48.8 Å². The van der Waals surface area contributed by atoms with E-state index in [2.05, 4.69) is 16.4 Å². The largest absolute Gasteiger partial charge is 0.352 e. The van der Waals surface area contributed by atoms with Crippen LogP contribution in [-0.4, -0.2) is 17.4 Å². The summed E-state index contributed by atoms with van der Waals surface area (Å²) in [4.78, 5) is 16.0. The monoisotopic (exact) mass is 279 g/mol. The predicted octanol–water partition coefficient (Wildman–Crippen LogP) is 2.71. The van der Waals surface area contributed by atoms with Crippen LogP contribution in [0.3, 0.4) is 0 Å². The first-order chi connectivity index (χ1) is 10.3. The fourth-order valence-electron chi connectivity index (χ4n) is 2.03. The van der Waals surface area contributed by atoms with Crippen molar-refractivity contribution in [2.45, 2.75) is 19.3 Å². The Morgan fingerprint density at radius 1 is 1.24 bits per heavy atom. The molecule has 0 saturated heterocycles. The average molecular weight is 279 g/mol. The normalized spacial score (nSPS) is 9.86. The summed E-state index contributed by atoms with van der Waals surface area (Å²) in [5.41, 5.74) is 2.24. The highest BCUT2D eigenvalue weighted by atomic mass is 16.1. The lowest BCUT2D eigenvalue weighted by Crippen LogP contribution is -2.24. The number of aryl methyl sites for hydroxylation is 1. The minimum absolute atomic E-state index is 0.131. The second-order valence-corrected chi connectivity index (χ2v) is 4.77. The third kappa shape index (κ3) is 4.73. The number of carbonyl (C=O) groups is 1. The van der Waals surface area contributed by atoms with E-state index in [0.717, 1.165) is 19.3 Å². The minimum Gasteiger partial charge on any atom is -0.352 e. The third-order valence-electron chi connectivity index (χ3n) is 3.15. The fraction of sp³-hybridized carbons (Fsp3) is 0.235. The molecule has 4 nitrogen and oxygen atoms in total. The molecule has 4 heteroatoms. The van der Waals surface area contributed by atoms with Crippen molar-refractivity contribution in [2.24, 2.45) is 0 Å². The van der Waals surface area contributed by atoms with E-state index in [1.54, 1.807) is 30.5 Å². The molecule has 1 heterocycles. The average Bonchev–Trinajstić information content (AvgIpc) is 2.55. The van der Waals surface area contributed by atoms with Crippen LogP contribution in [0.25, 0.3) is 0 Å². The number of rotatable bonds is 6. The van der Waals surface area contributed by atoms with Gasteiger partial charge >= 0.3 is 0 Å². The lowest BCUT2D eigenvalue weighted by Gasteiger charge is -2.05. The maximum Gasteiger partial charge on any atom is 0.251 e. The Kier molecular flexibility index (Phi) is 5.48. The molecule has 1 N–H and O–H groups in total. The molecular weight excluding hydrogens is 262 g/mol. The van der Waals surface area contributed by atoms with E-state index in [-0.39, 0.29) is 5.91 Å². The van der Waals surface area contributed by atoms with Gasteiger partial charge in [0.05, 0.1) is 11.6 Å². The molecule has 0 aliphatic carbocycles. The van der Waals surface area contributed by atoms with Gasteiger partial charge in [0, 0.05) is 24.5 Å². The molecule has 0 atom stereocenters. The highest BCUT2D eigenvalue weighted by Crippen LogP contribution is 2.05. The summed E-state index contributed by atoms with van der Waals surface area (Å²) in [5.74, 6) is -0.131. The predicted molar refractivity (Wildman–Crippen MR) is 80.7 cm³/mol. The second-order valence-electron chi connectivity index (χ2n) is 4.77. The van der Waals surface area contributed by atoms with Gasteiger partial charge in [-0.25, -0.2) is 0 Å². The Bertz CT molecular complexity index is 632. The molecule has 0 fully saturated rings. The van der Waals surface area contributed by atoms with Crippen LogP contribution in [-0.2, 0) is 6.42 Å². The maximum atomic E-state index is 11.9. The summed E-state index contributed by atoms with van der Waals surface area (Å²) in [6.45, 7) is 0.635. The Morgan fingerprint density at radius 3 is 2.90 bits per heavy atom. The van der Waals surface area contributed by atoms with Crippen molar-refractivity contribution in [1.82, 2.24) is 10.3 Å². The van der Waals surface area contributed by atoms with Crippen molar-refractivity contribution in [3.63, 3.8) is 0 Å². The van der Waals surface area contributed by atoms with Crippen LogP contribution in [0.1, 0.15) is 34.3 Å². The quantitative estimate of drug-likeness (QED) is 0.827. The van der Waals surface area contributed by atoms with Crippen molar-refractivity contribution in [2.75, 3.05) is 6.54 Å². The molecule has 2 rings (SSSR count). The van der Waals surface area contributed by atoms with Crippen molar-refractivity contribution in [1.29, 1.82) is 5.26 Å². The van der Waals surface area contributed by atoms with Crippen molar-refractivity contribution in [3.8, 4) is 6.07 Å². The third-order valence-corrected chi connectivity index (χ3v) is 3.15. The first-order valence-electron chi connectivity index (χ1n) is 6.97. The van der Waals surface area contributed by atoms with Gasteiger partial charge in [-0.3, -0.25) is 9.78 Å². The Morgan fingerprint density at radius 2 is 2.14 bits per heavy atom. The number of hydrogen-bond acceptors (Lipinski definition) is 3. The van der Waals surface area contributed by atoms with E-state index in [4.69, 9.17) is 5.26 Å². The summed E-state index contributed by atoms with van der Waals surface area (Å²) in [7, 11) is 0. The van der Waals surface area contributed by atoms with Crippen molar-refractivity contribution >= 4 is 5.91 Å². The molecule has 0 aliphatic heterocycles. The van der Waals surface area contributed by atoms with Gasteiger partial charge in [-0.2, -0.15) is 5.26 Å². The van der Waals surface area contributed by atoms with Crippen LogP contribution in [0.5, 0.6) is 0 Å². The zero-order chi connectivity index (χ0) is 14.9. The summed E-state index contributed by atoms with van der Waals surface area (Å²) >= 11 is 0. The van der Waals surface area contributed by atoms with E-state index >= 15 is 0 Å². The molecule has 0 unspecified atom stereocenters. The highest BCUT2D eigenvalue weighted by Gasteiger charge is 2.05. The van der Waals surface area contributed by atoms with Gasteiger partial charge in [0.15, 0.2) is 0 Å². The lowest BCUT2D eigenvalue weighted by atomic mass is 10.1. The van der Waals surface area contributed by atoms with Crippen LogP contribution in [0.4, 0.5) is 0 Å². The molecule has 21 heavy (non-hydrogen) atoms. The van der Waals surface area contributed by atoms with Gasteiger partial charge in [0.1, 0.15) is 0 Å². The van der Waals surface area contributed by atoms with Gasteiger partial charge in [-0.1, -0.05) is 12.1 Å². The van der Waals surface area contributed by atoms with Crippen molar-refractivity contribution in [3.05, 3.63) is 65.5 Å². The zero-order valence-corrected chi connectivity index (χ0v) is 11.7. The lowest BCUT2D eigenvalue weighted by molar-refractivity contribution is 0.0953. The fourth-order valence-corrected chi connectivity index (χ4v) is 2.03. The summed E-state index contributed by atoms with van der Waals surface area (Å²) in [6.07, 6.45) is 6.52. The Labute approximate surface area is 124 Å². The molecular formula is C17H17N3O. The maximum absolute atomic E-state index is 11.9. The van der Waals surface area contributed by atoms with E-state index in [1.807, 2.05) is 18.3 Å². The van der Waals surface area contributed by atoms with Gasteiger partial charge in [0.25, 0.3) is 5.91 Å². The van der Waals surface area contributed by atoms with E-state index in [0.29, 0.717) is 17.7 Å². The van der Waals surface area contributed by atoms with Crippen LogP contribution in [0.2, 0.25) is 0 Å². The molecule has 0 bridgehead atoms. The van der Waals surface area contributed by atoms with Crippen LogP contribution >= 0.6 is 0 Å². The summed E-state index contributed by atoms with van der Waals surface area (Å²) in [6, 6.07) is 12.7. The number of unbranched alkanes of at least 4 members (excludes halogenated alkanes) is 1. The molecule has 106 valence electrons. The molecule has 0 spiro atoms. The number of hydrogen-bond donors (Lipinski definition) is 1. The zero-order valence-electron chi connectivity index (χ0n) is 11.7. The van der Waals surface area contributed by atoms with Gasteiger partial charge < -0.3 is 5.32 Å². The number of amides is 1. The van der Waals surface area contributed by atoms with Crippen LogP contribution in [0, 0.1) is 11.3 Å². The van der Waals surface area contributed by atoms with Gasteiger partial charge in [-0.05, 0) is 49.1 Å². The molecule has 2 aromatic rings. The molecule has 0 aliphatic rings. The molecule has 1 aromatic heterocycles. The van der Waals surface area contributed by atoms with Gasteiger partial charge in [0.2, 0.25) is 0 Å². The minimum atomic E-state index is -0.131. The first kappa shape index (κ1) is 14.7. The Balaban J connectivity index is 1.71. The first-order valence-corrected chi connectivity index (χ1v) is 6.97. The number of nitrogens with one attached hydrogen (secondary N) is 1. The standard InChI is InChI=1S/C17H17N3O/c18-12-15-6-3-8-16(11-15)17(21)20-10-2-1-5-14-7-4-9-19-13-14/h3-4,6-9,11,13H,1-2,5,10H2,(H,20,21). The van der Waals surface area contributed by atoms with Crippen LogP contribution < -0.4 is 5.32 Å². The smallest absolute Gasteiger partial charge is 0.251 e. The number of nitrogens with zero attached hydrogens (tertiary/aromatic N) is 2. The number of nitriles is 1. The SMILES string of the molecule is N#Cc1cccc(C(=O)NCCCCc2cccnc2)c1. The number of aromatic nitrogens is 1. The highest BCUT2D eigenvalue weighted by molar-refractivity contribution is 5.94. The van der Waals surface area contributed by atoms with E-state index in [9.17, 15) is 4.79 Å². The van der Waals surface area contributed by atoms with Crippen molar-refractivity contribution < 1.29 is 4.79 Å². The Hall–Kier alpha value is -2.67. The number of carbonyl (C=O) groups excluding carboxylic acids is 1. The second kappa shape index (κ2) is 7.81. The summed E-state index contributed by atoms with van der Waals surface area (Å²) in [5, 5.41) is 11.7. The van der Waals surface area contributed by atoms with E-state index < -0.39 is 0 Å².